The molecule has 24 heteroatoms. The van der Waals surface area contributed by atoms with Crippen LogP contribution in [0.5, 0.6) is 0 Å². The van der Waals surface area contributed by atoms with Gasteiger partial charge in [0.2, 0.25) is 23.6 Å². The zero-order chi connectivity index (χ0) is 57.1. The monoisotopic (exact) mass is 1120 g/mol. The molecule has 0 bridgehead atoms. The number of amides is 4. The molecule has 4 rings (SSSR count). The van der Waals surface area contributed by atoms with Crippen LogP contribution in [0, 0.1) is 0 Å². The minimum absolute atomic E-state index is 0.0674. The summed E-state index contributed by atoms with van der Waals surface area (Å²) in [5.74, 6) is -0.334. The Morgan fingerprint density at radius 2 is 0.474 bits per heavy atom. The second kappa shape index (κ2) is 52.3. The van der Waals surface area contributed by atoms with Crippen molar-refractivity contribution in [3.63, 3.8) is 0 Å². The lowest BCUT2D eigenvalue weighted by Crippen LogP contribution is -2.45. The lowest BCUT2D eigenvalue weighted by molar-refractivity contribution is -0.126. The van der Waals surface area contributed by atoms with E-state index in [1.54, 1.807) is 28.2 Å². The van der Waals surface area contributed by atoms with Crippen LogP contribution in [0.3, 0.4) is 0 Å². The highest BCUT2D eigenvalue weighted by Gasteiger charge is 2.16. The van der Waals surface area contributed by atoms with E-state index in [-0.39, 0.29) is 50.1 Å². The largest absolute Gasteiger partial charge is 0.380 e. The molecule has 0 aliphatic carbocycles. The van der Waals surface area contributed by atoms with E-state index in [2.05, 4.69) is 88.7 Å². The van der Waals surface area contributed by atoms with Gasteiger partial charge in [-0.25, -0.2) is 0 Å². The van der Waals surface area contributed by atoms with Gasteiger partial charge >= 0.3 is 0 Å². The number of likely N-dealkylation sites (N-methyl/N-ethyl adjacent to an activating group) is 8. The van der Waals surface area contributed by atoms with Crippen molar-refractivity contribution in [2.75, 3.05) is 293 Å². The van der Waals surface area contributed by atoms with E-state index in [0.717, 1.165) is 209 Å². The molecule has 0 radical (unpaired) electrons. The van der Waals surface area contributed by atoms with Gasteiger partial charge in [0.15, 0.2) is 0 Å². The number of nitrogens with zero attached hydrogens (tertiary/aromatic N) is 8. The predicted octanol–water partition coefficient (Wildman–Crippen LogP) is -1.61. The Labute approximate surface area is 471 Å². The van der Waals surface area contributed by atoms with Crippen LogP contribution in [0.1, 0.15) is 38.5 Å². The highest BCUT2D eigenvalue weighted by Crippen LogP contribution is 2.03. The van der Waals surface area contributed by atoms with Crippen LogP contribution in [-0.4, -0.2) is 356 Å². The number of unbranched alkanes of at least 4 members (excludes halogenated alkanes) is 3. The van der Waals surface area contributed by atoms with E-state index in [0.29, 0.717) is 39.6 Å². The van der Waals surface area contributed by atoms with Crippen LogP contribution in [-0.2, 0) is 57.1 Å². The van der Waals surface area contributed by atoms with Crippen molar-refractivity contribution in [1.82, 2.24) is 60.5 Å². The number of piperazine rings is 4. The second-order valence-electron chi connectivity index (χ2n) is 20.1. The van der Waals surface area contributed by atoms with Gasteiger partial charge in [0.1, 0.15) is 26.4 Å². The average molecular weight is 1120 g/mol. The average Bonchev–Trinajstić information content (AvgIpc) is 3.45. The zero-order valence-electron chi connectivity index (χ0n) is 50.2. The molecule has 0 saturated carbocycles. The number of rotatable bonds is 38. The molecule has 78 heavy (non-hydrogen) atoms. The second-order valence-corrected chi connectivity index (χ2v) is 20.1. The molecule has 0 aromatic carbocycles. The Bertz CT molecular complexity index is 1410. The van der Waals surface area contributed by atoms with E-state index in [9.17, 15) is 19.2 Å². The van der Waals surface area contributed by atoms with Crippen molar-refractivity contribution in [3.05, 3.63) is 0 Å². The summed E-state index contributed by atoms with van der Waals surface area (Å²) >= 11 is 0. The standard InChI is InChI=1S/C15H31N3O3.C14H29N3O3.C13H27N3O3.C12H25N3O3/c1-16-15(19)14-21-12-5-3-4-11-20-13-10-18-8-6-17(2)7-9-18;1-15-14(18)13-20-11-4-3-10-19-12-9-17-7-5-16(2)6-8-17;1-14-13(17)12-19-10-3-9-18-11-8-16-6-4-15(2)5-7-16;1-13-12(16)11-18-10-9-17-8-7-15-5-3-14(2)4-6-15/h3-14H2,1-2H3,(H,16,19);3-13H2,1-2H3,(H,15,18);3-12H2,1-2H3,(H,14,17);3-11H2,1-2H3,(H,13,16). The van der Waals surface area contributed by atoms with Crippen LogP contribution < -0.4 is 21.3 Å². The molecule has 4 fully saturated rings. The molecule has 24 nitrogen and oxygen atoms in total. The summed E-state index contributed by atoms with van der Waals surface area (Å²) in [6.07, 6.45) is 5.88. The first-order valence-electron chi connectivity index (χ1n) is 29.0. The molecule has 4 heterocycles. The van der Waals surface area contributed by atoms with Gasteiger partial charge in [-0.3, -0.25) is 38.8 Å². The molecule has 0 unspecified atom stereocenters. The summed E-state index contributed by atoms with van der Waals surface area (Å²) in [5, 5.41) is 10.1. The maximum Gasteiger partial charge on any atom is 0.245 e. The molecular weight excluding hydrogens is 1010 g/mol. The van der Waals surface area contributed by atoms with Gasteiger partial charge in [-0.15, -0.1) is 0 Å². The first-order valence-corrected chi connectivity index (χ1v) is 29.0. The summed E-state index contributed by atoms with van der Waals surface area (Å²) in [6.45, 7) is 31.2. The molecule has 4 aliphatic heterocycles. The van der Waals surface area contributed by atoms with Crippen molar-refractivity contribution >= 4 is 23.6 Å². The van der Waals surface area contributed by atoms with Gasteiger partial charge in [-0.2, -0.15) is 0 Å². The van der Waals surface area contributed by atoms with Gasteiger partial charge in [-0.1, -0.05) is 0 Å². The van der Waals surface area contributed by atoms with Crippen molar-refractivity contribution in [2.45, 2.75) is 38.5 Å². The maximum absolute atomic E-state index is 10.9. The number of hydrogen-bond donors (Lipinski definition) is 4. The Hall–Kier alpha value is -2.76. The Morgan fingerprint density at radius 1 is 0.269 bits per heavy atom. The SMILES string of the molecule is CNC(=O)COCCCCCOCCN1CCN(C)CC1.CNC(=O)COCCCCOCCN1CCN(C)CC1.CNC(=O)COCCCOCCN1CCN(C)CC1.CNC(=O)COCCOCCN1CCN(C)CC1. The van der Waals surface area contributed by atoms with Crippen LogP contribution in [0.25, 0.3) is 0 Å². The number of ether oxygens (including phenoxy) is 8. The van der Waals surface area contributed by atoms with E-state index in [1.165, 1.54) is 0 Å². The van der Waals surface area contributed by atoms with Gasteiger partial charge in [0, 0.05) is 199 Å². The quantitative estimate of drug-likeness (QED) is 0.0512. The van der Waals surface area contributed by atoms with Crippen molar-refractivity contribution < 1.29 is 57.1 Å². The minimum Gasteiger partial charge on any atom is -0.380 e. The third-order valence-electron chi connectivity index (χ3n) is 13.5. The summed E-state index contributed by atoms with van der Waals surface area (Å²) < 4.78 is 43.1. The van der Waals surface area contributed by atoms with E-state index >= 15 is 0 Å². The molecular formula is C54H112N12O12. The normalized spacial score (nSPS) is 17.4. The van der Waals surface area contributed by atoms with Crippen molar-refractivity contribution in [3.8, 4) is 0 Å². The fraction of sp³-hybridized carbons (Fsp3) is 0.926. The predicted molar refractivity (Wildman–Crippen MR) is 306 cm³/mol. The lowest BCUT2D eigenvalue weighted by atomic mass is 10.2. The molecule has 4 N–H and O–H groups in total. The maximum atomic E-state index is 10.9. The van der Waals surface area contributed by atoms with Crippen LogP contribution in [0.2, 0.25) is 0 Å². The molecule has 0 aromatic rings. The van der Waals surface area contributed by atoms with Gasteiger partial charge < -0.3 is 78.8 Å². The third-order valence-corrected chi connectivity index (χ3v) is 13.5. The minimum atomic E-state index is -0.104. The van der Waals surface area contributed by atoms with Gasteiger partial charge in [0.25, 0.3) is 0 Å². The Kier molecular flexibility index (Phi) is 49.1. The van der Waals surface area contributed by atoms with Crippen LogP contribution in [0.15, 0.2) is 0 Å². The number of hydrogen-bond acceptors (Lipinski definition) is 20. The molecule has 4 aliphatic rings. The molecule has 0 atom stereocenters. The molecule has 0 aromatic heterocycles. The van der Waals surface area contributed by atoms with Gasteiger partial charge in [-0.05, 0) is 66.7 Å². The fourth-order valence-electron chi connectivity index (χ4n) is 7.79. The molecule has 4 amide bonds. The molecule has 460 valence electrons. The lowest BCUT2D eigenvalue weighted by Gasteiger charge is -2.32. The summed E-state index contributed by atoms with van der Waals surface area (Å²) in [7, 11) is 15.1. The van der Waals surface area contributed by atoms with Crippen LogP contribution in [0.4, 0.5) is 0 Å². The summed E-state index contributed by atoms with van der Waals surface area (Å²) in [4.78, 5) is 62.7. The van der Waals surface area contributed by atoms with Crippen molar-refractivity contribution in [1.29, 1.82) is 0 Å². The van der Waals surface area contributed by atoms with E-state index in [4.69, 9.17) is 37.9 Å². The number of nitrogens with one attached hydrogen (secondary N) is 4. The third kappa shape index (κ3) is 45.9. The van der Waals surface area contributed by atoms with Crippen LogP contribution >= 0.6 is 0 Å². The van der Waals surface area contributed by atoms with E-state index < -0.39 is 0 Å². The van der Waals surface area contributed by atoms with E-state index in [1.807, 2.05) is 0 Å². The summed E-state index contributed by atoms with van der Waals surface area (Å²) in [6, 6.07) is 0. The van der Waals surface area contributed by atoms with Gasteiger partial charge in [0.05, 0.1) is 39.6 Å². The fourth-order valence-corrected chi connectivity index (χ4v) is 7.79. The summed E-state index contributed by atoms with van der Waals surface area (Å²) in [5.41, 5.74) is 0. The Balaban J connectivity index is 0.000000521. The highest BCUT2D eigenvalue weighted by atomic mass is 16.5. The topological polar surface area (TPSA) is 216 Å². The first-order chi connectivity index (χ1) is 37.9. The smallest absolute Gasteiger partial charge is 0.245 e. The Morgan fingerprint density at radius 3 is 0.756 bits per heavy atom. The molecule has 4 saturated heterocycles. The zero-order valence-corrected chi connectivity index (χ0v) is 50.2. The number of carbonyl (C=O) groups excluding carboxylic acids is 4. The number of carbonyl (C=O) groups is 4. The first kappa shape index (κ1) is 73.3. The highest BCUT2D eigenvalue weighted by molar-refractivity contribution is 5.77. The van der Waals surface area contributed by atoms with Crippen molar-refractivity contribution in [2.24, 2.45) is 0 Å². The molecule has 0 spiro atoms.